The Kier molecular flexibility index (Phi) is 5.45. The van der Waals surface area contributed by atoms with Crippen molar-refractivity contribution in [2.45, 2.75) is 0 Å². The lowest BCUT2D eigenvalue weighted by Crippen LogP contribution is -2.12. The van der Waals surface area contributed by atoms with E-state index in [4.69, 9.17) is 10.5 Å². The van der Waals surface area contributed by atoms with Gasteiger partial charge in [0.25, 0.3) is 0 Å². The molecule has 0 saturated carbocycles. The minimum Gasteiger partial charge on any atom is -0.460 e. The predicted molar refractivity (Wildman–Crippen MR) is 69.5 cm³/mol. The van der Waals surface area contributed by atoms with E-state index in [0.29, 0.717) is 22.0 Å². The number of ether oxygens (including phenoxy) is 1. The van der Waals surface area contributed by atoms with Crippen LogP contribution in [-0.4, -0.2) is 33.9 Å². The summed E-state index contributed by atoms with van der Waals surface area (Å²) in [4.78, 5) is 11.5. The molecular weight excluding hydrogens is 278 g/mol. The molecule has 2 N–H and O–H groups in total. The van der Waals surface area contributed by atoms with Gasteiger partial charge >= 0.3 is 15.1 Å². The number of carbonyl (C=O) groups excluding carboxylic acids is 1. The molecule has 8 heteroatoms. The van der Waals surface area contributed by atoms with Crippen molar-refractivity contribution in [3.63, 3.8) is 0 Å². The second kappa shape index (κ2) is 6.62. The zero-order chi connectivity index (χ0) is 13.6. The van der Waals surface area contributed by atoms with E-state index in [9.17, 15) is 13.2 Å². The van der Waals surface area contributed by atoms with Crippen molar-refractivity contribution in [1.82, 2.24) is 0 Å². The molecule has 0 fully saturated rings. The van der Waals surface area contributed by atoms with Crippen LogP contribution in [-0.2, 0) is 18.1 Å². The van der Waals surface area contributed by atoms with Crippen molar-refractivity contribution < 1.29 is 22.1 Å². The minimum atomic E-state index is -3.58. The summed E-state index contributed by atoms with van der Waals surface area (Å²) in [5, 5.41) is 0. The molecule has 0 heterocycles. The van der Waals surface area contributed by atoms with E-state index in [1.807, 2.05) is 0 Å². The maximum absolute atomic E-state index is 11.5. The fraction of sp³-hybridized carbons (Fsp3) is 0.300. The maximum Gasteiger partial charge on any atom is 0.338 e. The predicted octanol–water partition coefficient (Wildman–Crippen LogP) is 1.05. The highest BCUT2D eigenvalue weighted by atomic mass is 33.1. The van der Waals surface area contributed by atoms with Crippen LogP contribution in [0, 0.1) is 0 Å². The number of hydrogen-bond donors (Lipinski definition) is 1. The number of anilines is 1. The second-order valence-electron chi connectivity index (χ2n) is 3.15. The summed E-state index contributed by atoms with van der Waals surface area (Å²) in [6.45, 7) is -0.340. The molecule has 0 radical (unpaired) electrons. The van der Waals surface area contributed by atoms with Crippen LogP contribution in [0.5, 0.6) is 0 Å². The molecule has 0 aromatic heterocycles. The van der Waals surface area contributed by atoms with Crippen LogP contribution in [0.2, 0.25) is 0 Å². The lowest BCUT2D eigenvalue weighted by atomic mass is 10.2. The molecule has 100 valence electrons. The molecule has 0 spiro atoms. The van der Waals surface area contributed by atoms with E-state index in [2.05, 4.69) is 4.18 Å². The van der Waals surface area contributed by atoms with Crippen molar-refractivity contribution >= 4 is 31.6 Å². The van der Waals surface area contributed by atoms with Gasteiger partial charge in [-0.3, -0.25) is 4.18 Å². The normalized spacial score (nSPS) is 11.2. The SMILES string of the molecule is CSS(=O)(=O)OCCOC(=O)c1ccc(N)cc1. The number of nitrogens with two attached hydrogens (primary N) is 1. The zero-order valence-corrected chi connectivity index (χ0v) is 11.3. The highest BCUT2D eigenvalue weighted by Crippen LogP contribution is 2.09. The quantitative estimate of drug-likeness (QED) is 0.362. The lowest BCUT2D eigenvalue weighted by Gasteiger charge is -2.05. The number of benzene rings is 1. The van der Waals surface area contributed by atoms with Crippen molar-refractivity contribution in [3.8, 4) is 0 Å². The van der Waals surface area contributed by atoms with Gasteiger partial charge in [-0.25, -0.2) is 4.79 Å². The number of hydrogen-bond acceptors (Lipinski definition) is 7. The third-order valence-electron chi connectivity index (χ3n) is 1.89. The van der Waals surface area contributed by atoms with Crippen LogP contribution >= 0.6 is 10.8 Å². The Morgan fingerprint density at radius 1 is 1.28 bits per heavy atom. The van der Waals surface area contributed by atoms with Crippen molar-refractivity contribution in [3.05, 3.63) is 29.8 Å². The zero-order valence-electron chi connectivity index (χ0n) is 9.66. The van der Waals surface area contributed by atoms with Gasteiger partial charge in [0.2, 0.25) is 0 Å². The number of nitrogen functional groups attached to an aromatic ring is 1. The van der Waals surface area contributed by atoms with E-state index in [1.165, 1.54) is 18.4 Å². The Balaban J connectivity index is 2.36. The summed E-state index contributed by atoms with van der Waals surface area (Å²) in [6, 6.07) is 6.20. The van der Waals surface area contributed by atoms with Crippen LogP contribution in [0.15, 0.2) is 24.3 Å². The van der Waals surface area contributed by atoms with Crippen molar-refractivity contribution in [1.29, 1.82) is 0 Å². The van der Waals surface area contributed by atoms with Gasteiger partial charge in [-0.05, 0) is 41.3 Å². The monoisotopic (exact) mass is 291 g/mol. The van der Waals surface area contributed by atoms with Crippen LogP contribution in [0.3, 0.4) is 0 Å². The fourth-order valence-electron chi connectivity index (χ4n) is 1.02. The molecule has 0 unspecified atom stereocenters. The molecule has 0 aliphatic heterocycles. The Labute approximate surface area is 109 Å². The Hall–Kier alpha value is -1.25. The first-order valence-corrected chi connectivity index (χ1v) is 8.07. The largest absolute Gasteiger partial charge is 0.460 e. The van der Waals surface area contributed by atoms with Crippen LogP contribution < -0.4 is 5.73 Å². The van der Waals surface area contributed by atoms with Gasteiger partial charge in [0, 0.05) is 5.69 Å². The molecular formula is C10H13NO5S2. The highest BCUT2D eigenvalue weighted by Gasteiger charge is 2.10. The maximum atomic E-state index is 11.5. The topological polar surface area (TPSA) is 95.7 Å². The third kappa shape index (κ3) is 4.94. The molecule has 1 aromatic carbocycles. The highest BCUT2D eigenvalue weighted by molar-refractivity contribution is 8.70. The van der Waals surface area contributed by atoms with Gasteiger partial charge in [-0.1, -0.05) is 0 Å². The van der Waals surface area contributed by atoms with Crippen LogP contribution in [0.4, 0.5) is 5.69 Å². The van der Waals surface area contributed by atoms with Gasteiger partial charge in [-0.15, -0.1) is 0 Å². The third-order valence-corrected chi connectivity index (χ3v) is 4.27. The van der Waals surface area contributed by atoms with Gasteiger partial charge in [0.15, 0.2) is 0 Å². The molecule has 0 aliphatic rings. The van der Waals surface area contributed by atoms with Crippen LogP contribution in [0.25, 0.3) is 0 Å². The standard InChI is InChI=1S/C10H13NO5S2/c1-17-18(13,14)16-7-6-15-10(12)8-2-4-9(11)5-3-8/h2-5H,6-7,11H2,1H3. The summed E-state index contributed by atoms with van der Waals surface area (Å²) in [7, 11) is -3.00. The first kappa shape index (κ1) is 14.8. The van der Waals surface area contributed by atoms with Crippen molar-refractivity contribution in [2.24, 2.45) is 0 Å². The van der Waals surface area contributed by atoms with Gasteiger partial charge in [-0.2, -0.15) is 8.42 Å². The molecule has 0 bridgehead atoms. The molecule has 0 aliphatic carbocycles. The van der Waals surface area contributed by atoms with E-state index in [0.717, 1.165) is 0 Å². The molecule has 0 amide bonds. The average Bonchev–Trinajstić information content (AvgIpc) is 2.35. The van der Waals surface area contributed by atoms with E-state index < -0.39 is 15.1 Å². The molecule has 18 heavy (non-hydrogen) atoms. The molecule has 1 aromatic rings. The minimum absolute atomic E-state index is 0.136. The van der Waals surface area contributed by atoms with E-state index >= 15 is 0 Å². The van der Waals surface area contributed by atoms with Gasteiger partial charge in [0.1, 0.15) is 13.2 Å². The number of rotatable bonds is 6. The summed E-state index contributed by atoms with van der Waals surface area (Å²) >= 11 is 0. The smallest absolute Gasteiger partial charge is 0.338 e. The summed E-state index contributed by atoms with van der Waals surface area (Å²) < 4.78 is 31.2. The molecule has 0 saturated heterocycles. The Morgan fingerprint density at radius 2 is 1.89 bits per heavy atom. The lowest BCUT2D eigenvalue weighted by molar-refractivity contribution is 0.0455. The number of esters is 1. The summed E-state index contributed by atoms with van der Waals surface area (Å²) in [6.07, 6.45) is 1.38. The average molecular weight is 291 g/mol. The number of carbonyl (C=O) groups is 1. The fourth-order valence-corrected chi connectivity index (χ4v) is 1.88. The molecule has 0 atom stereocenters. The second-order valence-corrected chi connectivity index (χ2v) is 6.77. The van der Waals surface area contributed by atoms with Crippen LogP contribution in [0.1, 0.15) is 10.4 Å². The summed E-state index contributed by atoms with van der Waals surface area (Å²) in [5.41, 5.74) is 6.36. The first-order chi connectivity index (χ1) is 8.44. The van der Waals surface area contributed by atoms with Gasteiger partial charge in [0.05, 0.1) is 5.56 Å². The Bertz CT molecular complexity index is 498. The Morgan fingerprint density at radius 3 is 2.44 bits per heavy atom. The molecule has 6 nitrogen and oxygen atoms in total. The van der Waals surface area contributed by atoms with Crippen molar-refractivity contribution in [2.75, 3.05) is 25.2 Å². The molecule has 1 rings (SSSR count). The van der Waals surface area contributed by atoms with Gasteiger partial charge < -0.3 is 10.5 Å². The van der Waals surface area contributed by atoms with E-state index in [-0.39, 0.29) is 13.2 Å². The first-order valence-electron chi connectivity index (χ1n) is 4.92. The summed E-state index contributed by atoms with van der Waals surface area (Å²) in [5.74, 6) is -0.555. The van der Waals surface area contributed by atoms with E-state index in [1.54, 1.807) is 12.1 Å².